The van der Waals surface area contributed by atoms with Crippen molar-refractivity contribution in [2.45, 2.75) is 32.6 Å². The number of benzene rings is 1. The average molecular weight is 297 g/mol. The van der Waals surface area contributed by atoms with Gasteiger partial charge in [-0.1, -0.05) is 56.1 Å². The van der Waals surface area contributed by atoms with E-state index in [0.29, 0.717) is 10.0 Å². The van der Waals surface area contributed by atoms with Crippen molar-refractivity contribution >= 4 is 34.5 Å². The first-order chi connectivity index (χ1) is 9.09. The quantitative estimate of drug-likeness (QED) is 0.817. The second-order valence-electron chi connectivity index (χ2n) is 5.43. The highest BCUT2D eigenvalue weighted by molar-refractivity contribution is 7.80. The van der Waals surface area contributed by atoms with E-state index < -0.39 is 0 Å². The zero-order chi connectivity index (χ0) is 13.8. The zero-order valence-electron chi connectivity index (χ0n) is 11.3. The Morgan fingerprint density at radius 3 is 2.84 bits per heavy atom. The lowest BCUT2D eigenvalue weighted by Gasteiger charge is -2.29. The van der Waals surface area contributed by atoms with Crippen molar-refractivity contribution in [2.24, 2.45) is 17.6 Å². The van der Waals surface area contributed by atoms with Gasteiger partial charge in [-0.2, -0.15) is 0 Å². The van der Waals surface area contributed by atoms with Crippen LogP contribution in [-0.4, -0.2) is 11.5 Å². The number of rotatable bonds is 4. The van der Waals surface area contributed by atoms with Crippen LogP contribution >= 0.6 is 23.8 Å². The van der Waals surface area contributed by atoms with Gasteiger partial charge in [-0.25, -0.2) is 0 Å². The van der Waals surface area contributed by atoms with Gasteiger partial charge in [0.1, 0.15) is 4.99 Å². The van der Waals surface area contributed by atoms with Crippen molar-refractivity contribution in [3.8, 4) is 0 Å². The molecule has 1 aliphatic rings. The zero-order valence-corrected chi connectivity index (χ0v) is 12.9. The minimum absolute atomic E-state index is 0.352. The molecule has 0 heterocycles. The van der Waals surface area contributed by atoms with E-state index in [0.717, 1.165) is 29.6 Å². The maximum atomic E-state index is 6.17. The van der Waals surface area contributed by atoms with Crippen LogP contribution in [-0.2, 0) is 0 Å². The van der Waals surface area contributed by atoms with E-state index in [1.807, 2.05) is 18.2 Å². The highest BCUT2D eigenvalue weighted by Gasteiger charge is 2.21. The number of hydrogen-bond donors (Lipinski definition) is 2. The van der Waals surface area contributed by atoms with Crippen LogP contribution in [0.15, 0.2) is 18.2 Å². The summed E-state index contributed by atoms with van der Waals surface area (Å²) in [6.45, 7) is 3.31. The van der Waals surface area contributed by atoms with Crippen molar-refractivity contribution in [2.75, 3.05) is 11.9 Å². The summed E-state index contributed by atoms with van der Waals surface area (Å²) in [6, 6.07) is 5.75. The molecule has 104 valence electrons. The van der Waals surface area contributed by atoms with Crippen LogP contribution in [0.4, 0.5) is 5.69 Å². The summed E-state index contributed by atoms with van der Waals surface area (Å²) in [7, 11) is 0. The molecule has 0 radical (unpaired) electrons. The molecular formula is C15H21ClN2S. The Morgan fingerprint density at radius 1 is 1.42 bits per heavy atom. The Hall–Kier alpha value is -0.800. The summed E-state index contributed by atoms with van der Waals surface area (Å²) in [6.07, 6.45) is 5.35. The fourth-order valence-electron chi connectivity index (χ4n) is 2.86. The molecule has 0 bridgehead atoms. The molecule has 0 amide bonds. The fraction of sp³-hybridized carbons (Fsp3) is 0.533. The average Bonchev–Trinajstić information content (AvgIpc) is 2.37. The molecule has 2 rings (SSSR count). The Balaban J connectivity index is 2.07. The first kappa shape index (κ1) is 14.6. The fourth-order valence-corrected chi connectivity index (χ4v) is 3.41. The molecule has 19 heavy (non-hydrogen) atoms. The lowest BCUT2D eigenvalue weighted by molar-refractivity contribution is 0.268. The number of nitrogens with one attached hydrogen (secondary N) is 1. The van der Waals surface area contributed by atoms with Crippen molar-refractivity contribution in [1.82, 2.24) is 0 Å². The molecule has 2 nitrogen and oxygen atoms in total. The van der Waals surface area contributed by atoms with Gasteiger partial charge in [0.15, 0.2) is 0 Å². The molecule has 2 unspecified atom stereocenters. The van der Waals surface area contributed by atoms with Gasteiger partial charge in [0, 0.05) is 12.2 Å². The maximum absolute atomic E-state index is 6.17. The van der Waals surface area contributed by atoms with Gasteiger partial charge in [0.05, 0.1) is 10.6 Å². The lowest BCUT2D eigenvalue weighted by Crippen LogP contribution is -2.25. The molecular weight excluding hydrogens is 276 g/mol. The molecule has 4 heteroatoms. The number of anilines is 1. The highest BCUT2D eigenvalue weighted by Crippen LogP contribution is 2.31. The molecule has 1 aromatic rings. The second-order valence-corrected chi connectivity index (χ2v) is 6.28. The number of hydrogen-bond acceptors (Lipinski definition) is 2. The van der Waals surface area contributed by atoms with E-state index in [2.05, 4.69) is 12.2 Å². The maximum Gasteiger partial charge on any atom is 0.107 e. The number of nitrogens with two attached hydrogens (primary N) is 1. The van der Waals surface area contributed by atoms with Crippen molar-refractivity contribution < 1.29 is 0 Å². The predicted octanol–water partition coefficient (Wildman–Crippen LogP) is 4.21. The second kappa shape index (κ2) is 6.58. The van der Waals surface area contributed by atoms with Crippen LogP contribution in [0, 0.1) is 11.8 Å². The minimum Gasteiger partial charge on any atom is -0.389 e. The van der Waals surface area contributed by atoms with E-state index in [1.54, 1.807) is 0 Å². The highest BCUT2D eigenvalue weighted by atomic mass is 35.5. The van der Waals surface area contributed by atoms with Crippen LogP contribution in [0.2, 0.25) is 5.02 Å². The summed E-state index contributed by atoms with van der Waals surface area (Å²) in [5.41, 5.74) is 7.48. The van der Waals surface area contributed by atoms with Crippen LogP contribution in [0.3, 0.4) is 0 Å². The van der Waals surface area contributed by atoms with Crippen molar-refractivity contribution in [3.63, 3.8) is 0 Å². The van der Waals surface area contributed by atoms with Gasteiger partial charge in [0.2, 0.25) is 0 Å². The topological polar surface area (TPSA) is 38.0 Å². The first-order valence-corrected chi connectivity index (χ1v) is 7.70. The summed E-state index contributed by atoms with van der Waals surface area (Å²) in [5, 5.41) is 4.10. The molecule has 1 fully saturated rings. The van der Waals surface area contributed by atoms with Gasteiger partial charge in [-0.3, -0.25) is 0 Å². The van der Waals surface area contributed by atoms with E-state index in [-0.39, 0.29) is 0 Å². The number of thiocarbonyl (C=S) groups is 1. The van der Waals surface area contributed by atoms with Crippen LogP contribution in [0.25, 0.3) is 0 Å². The van der Waals surface area contributed by atoms with Gasteiger partial charge in [-0.15, -0.1) is 0 Å². The summed E-state index contributed by atoms with van der Waals surface area (Å²) < 4.78 is 0. The summed E-state index contributed by atoms with van der Waals surface area (Å²) in [4.78, 5) is 0.352. The largest absolute Gasteiger partial charge is 0.389 e. The SMILES string of the molecule is CC1CCCCC1CNc1cccc(Cl)c1C(N)=S. The van der Waals surface area contributed by atoms with Gasteiger partial charge < -0.3 is 11.1 Å². The third-order valence-corrected chi connectivity index (χ3v) is 4.62. The molecule has 0 aliphatic heterocycles. The van der Waals surface area contributed by atoms with E-state index >= 15 is 0 Å². The molecule has 0 aromatic heterocycles. The van der Waals surface area contributed by atoms with Gasteiger partial charge in [-0.05, 0) is 30.4 Å². The van der Waals surface area contributed by atoms with E-state index in [1.165, 1.54) is 25.7 Å². The van der Waals surface area contributed by atoms with Crippen molar-refractivity contribution in [1.29, 1.82) is 0 Å². The predicted molar refractivity (Wildman–Crippen MR) is 87.0 cm³/mol. The minimum atomic E-state index is 0.352. The van der Waals surface area contributed by atoms with Crippen LogP contribution in [0.1, 0.15) is 38.2 Å². The van der Waals surface area contributed by atoms with E-state index in [9.17, 15) is 0 Å². The Kier molecular flexibility index (Phi) is 5.06. The van der Waals surface area contributed by atoms with Crippen LogP contribution in [0.5, 0.6) is 0 Å². The molecule has 0 spiro atoms. The molecule has 2 atom stereocenters. The van der Waals surface area contributed by atoms with Crippen LogP contribution < -0.4 is 11.1 Å². The van der Waals surface area contributed by atoms with Gasteiger partial charge in [0.25, 0.3) is 0 Å². The molecule has 1 aliphatic carbocycles. The Morgan fingerprint density at radius 2 is 2.16 bits per heavy atom. The Labute approximate surface area is 125 Å². The Bertz CT molecular complexity index is 461. The number of halogens is 1. The summed E-state index contributed by atoms with van der Waals surface area (Å²) >= 11 is 11.3. The van der Waals surface area contributed by atoms with E-state index in [4.69, 9.17) is 29.6 Å². The molecule has 0 saturated heterocycles. The normalized spacial score (nSPS) is 23.1. The molecule has 3 N–H and O–H groups in total. The molecule has 1 aromatic carbocycles. The van der Waals surface area contributed by atoms with Crippen molar-refractivity contribution in [3.05, 3.63) is 28.8 Å². The van der Waals surface area contributed by atoms with Gasteiger partial charge >= 0.3 is 0 Å². The third kappa shape index (κ3) is 3.61. The third-order valence-electron chi connectivity index (χ3n) is 4.10. The standard InChI is InChI=1S/C15H21ClN2S/c1-10-5-2-3-6-11(10)9-18-13-8-4-7-12(16)14(13)15(17)19/h4,7-8,10-11,18H,2-3,5-6,9H2,1H3,(H2,17,19). The smallest absolute Gasteiger partial charge is 0.107 e. The molecule has 1 saturated carbocycles. The summed E-state index contributed by atoms with van der Waals surface area (Å²) in [5.74, 6) is 1.51. The first-order valence-electron chi connectivity index (χ1n) is 6.91. The monoisotopic (exact) mass is 296 g/mol. The lowest BCUT2D eigenvalue weighted by atomic mass is 9.80.